The van der Waals surface area contributed by atoms with Crippen molar-refractivity contribution >= 4 is 34.7 Å². The Hall–Kier alpha value is -3.77. The SMILES string of the molecule is COc1ccc(N2C(=O)C(=O)/C(=C(/O)c3cc(C)cc(Cl)c3OC)C2c2ccccc2)cc1. The van der Waals surface area contributed by atoms with Crippen molar-refractivity contribution < 1.29 is 24.2 Å². The number of aliphatic hydroxyl groups excluding tert-OH is 1. The Morgan fingerprint density at radius 3 is 2.24 bits per heavy atom. The van der Waals surface area contributed by atoms with Crippen molar-refractivity contribution in [2.75, 3.05) is 19.1 Å². The smallest absolute Gasteiger partial charge is 0.300 e. The van der Waals surface area contributed by atoms with Gasteiger partial charge in [-0.25, -0.2) is 0 Å². The van der Waals surface area contributed by atoms with Crippen LogP contribution in [0.2, 0.25) is 5.02 Å². The quantitative estimate of drug-likeness (QED) is 0.316. The van der Waals surface area contributed by atoms with Gasteiger partial charge >= 0.3 is 0 Å². The first-order chi connectivity index (χ1) is 15.9. The first-order valence-electron chi connectivity index (χ1n) is 10.2. The van der Waals surface area contributed by atoms with Crippen LogP contribution in [0.15, 0.2) is 72.3 Å². The van der Waals surface area contributed by atoms with Gasteiger partial charge in [0.05, 0.1) is 36.4 Å². The largest absolute Gasteiger partial charge is 0.507 e. The minimum Gasteiger partial charge on any atom is -0.507 e. The van der Waals surface area contributed by atoms with E-state index in [1.165, 1.54) is 12.0 Å². The predicted molar refractivity (Wildman–Crippen MR) is 127 cm³/mol. The number of aryl methyl sites for hydroxylation is 1. The number of Topliss-reactive ketones (excluding diaryl/α,β-unsaturated/α-hetero) is 1. The number of ether oxygens (including phenoxy) is 2. The minimum absolute atomic E-state index is 0.0398. The highest BCUT2D eigenvalue weighted by molar-refractivity contribution is 6.51. The first-order valence-corrected chi connectivity index (χ1v) is 10.6. The Kier molecular flexibility index (Phi) is 6.11. The highest BCUT2D eigenvalue weighted by atomic mass is 35.5. The van der Waals surface area contributed by atoms with Crippen LogP contribution in [-0.2, 0) is 9.59 Å². The van der Waals surface area contributed by atoms with Crippen molar-refractivity contribution in [1.29, 1.82) is 0 Å². The Bertz CT molecular complexity index is 1250. The van der Waals surface area contributed by atoms with Gasteiger partial charge in [-0.05, 0) is 54.4 Å². The van der Waals surface area contributed by atoms with Crippen LogP contribution >= 0.6 is 11.6 Å². The lowest BCUT2D eigenvalue weighted by atomic mass is 9.94. The molecule has 0 aromatic heterocycles. The van der Waals surface area contributed by atoms with E-state index in [1.807, 2.05) is 25.1 Å². The Labute approximate surface area is 196 Å². The van der Waals surface area contributed by atoms with Crippen molar-refractivity contribution in [3.05, 3.63) is 94.0 Å². The van der Waals surface area contributed by atoms with Crippen LogP contribution in [0.1, 0.15) is 22.7 Å². The molecule has 3 aromatic carbocycles. The molecule has 1 saturated heterocycles. The third-order valence-electron chi connectivity index (χ3n) is 5.56. The standard InChI is InChI=1S/C26H22ClNO5/c1-15-13-19(25(33-3)20(27)14-15)23(29)21-22(16-7-5-4-6-8-16)28(26(31)24(21)30)17-9-11-18(32-2)12-10-17/h4-14,22,29H,1-3H3/b23-21+. The molecule has 1 aliphatic heterocycles. The van der Waals surface area contributed by atoms with Gasteiger partial charge < -0.3 is 14.6 Å². The van der Waals surface area contributed by atoms with Crippen molar-refractivity contribution in [3.63, 3.8) is 0 Å². The van der Waals surface area contributed by atoms with Crippen molar-refractivity contribution in [3.8, 4) is 11.5 Å². The fraction of sp³-hybridized carbons (Fsp3) is 0.154. The molecule has 33 heavy (non-hydrogen) atoms. The number of hydrogen-bond acceptors (Lipinski definition) is 5. The molecule has 1 N–H and O–H groups in total. The van der Waals surface area contributed by atoms with Gasteiger partial charge in [0.2, 0.25) is 0 Å². The lowest BCUT2D eigenvalue weighted by Crippen LogP contribution is -2.29. The molecule has 1 atom stereocenters. The Morgan fingerprint density at radius 1 is 0.970 bits per heavy atom. The summed E-state index contributed by atoms with van der Waals surface area (Å²) in [6.07, 6.45) is 0. The highest BCUT2D eigenvalue weighted by Gasteiger charge is 2.47. The van der Waals surface area contributed by atoms with E-state index >= 15 is 0 Å². The fourth-order valence-electron chi connectivity index (χ4n) is 4.05. The van der Waals surface area contributed by atoms with Crippen molar-refractivity contribution in [2.24, 2.45) is 0 Å². The summed E-state index contributed by atoms with van der Waals surface area (Å²) in [6.45, 7) is 1.81. The molecule has 0 radical (unpaired) electrons. The van der Waals surface area contributed by atoms with Gasteiger partial charge in [0.25, 0.3) is 11.7 Å². The second-order valence-electron chi connectivity index (χ2n) is 7.61. The molecule has 1 fully saturated rings. The molecule has 1 unspecified atom stereocenters. The minimum atomic E-state index is -0.844. The van der Waals surface area contributed by atoms with E-state index in [9.17, 15) is 14.7 Å². The van der Waals surface area contributed by atoms with Gasteiger partial charge in [0.15, 0.2) is 0 Å². The molecule has 1 aliphatic rings. The predicted octanol–water partition coefficient (Wildman–Crippen LogP) is 5.29. The summed E-state index contributed by atoms with van der Waals surface area (Å²) in [5.74, 6) is -1.04. The highest BCUT2D eigenvalue weighted by Crippen LogP contribution is 2.44. The number of aliphatic hydroxyl groups is 1. The molecule has 0 bridgehead atoms. The summed E-state index contributed by atoms with van der Waals surface area (Å²) >= 11 is 6.32. The molecule has 1 heterocycles. The molecule has 168 valence electrons. The molecular weight excluding hydrogens is 442 g/mol. The molecule has 0 aliphatic carbocycles. The van der Waals surface area contributed by atoms with Gasteiger partial charge in [-0.2, -0.15) is 0 Å². The summed E-state index contributed by atoms with van der Waals surface area (Å²) in [4.78, 5) is 27.9. The van der Waals surface area contributed by atoms with E-state index in [0.717, 1.165) is 5.56 Å². The molecule has 4 rings (SSSR count). The van der Waals surface area contributed by atoms with Crippen LogP contribution in [0.3, 0.4) is 0 Å². The van der Waals surface area contributed by atoms with E-state index in [2.05, 4.69) is 0 Å². The molecule has 6 nitrogen and oxygen atoms in total. The summed E-state index contributed by atoms with van der Waals surface area (Å²) in [5, 5.41) is 11.7. The first kappa shape index (κ1) is 22.4. The number of anilines is 1. The van der Waals surface area contributed by atoms with Crippen LogP contribution in [0.4, 0.5) is 5.69 Å². The second kappa shape index (κ2) is 9.00. The summed E-state index contributed by atoms with van der Waals surface area (Å²) in [6, 6.07) is 18.4. The van der Waals surface area contributed by atoms with Crippen LogP contribution in [-0.4, -0.2) is 31.0 Å². The molecular formula is C26H22ClNO5. The zero-order valence-corrected chi connectivity index (χ0v) is 19.1. The number of carbonyl (C=O) groups excluding carboxylic acids is 2. The van der Waals surface area contributed by atoms with Gasteiger partial charge in [-0.1, -0.05) is 41.9 Å². The molecule has 7 heteroatoms. The average molecular weight is 464 g/mol. The zero-order valence-electron chi connectivity index (χ0n) is 18.3. The van der Waals surface area contributed by atoms with Crippen LogP contribution in [0.5, 0.6) is 11.5 Å². The number of rotatable bonds is 5. The van der Waals surface area contributed by atoms with Crippen molar-refractivity contribution in [1.82, 2.24) is 0 Å². The zero-order chi connectivity index (χ0) is 23.7. The van der Waals surface area contributed by atoms with E-state index in [0.29, 0.717) is 22.0 Å². The number of carbonyl (C=O) groups is 2. The molecule has 0 saturated carbocycles. The molecule has 0 spiro atoms. The number of halogens is 1. The lowest BCUT2D eigenvalue weighted by molar-refractivity contribution is -0.132. The van der Waals surface area contributed by atoms with Gasteiger partial charge in [-0.15, -0.1) is 0 Å². The van der Waals surface area contributed by atoms with Gasteiger partial charge in [-0.3, -0.25) is 14.5 Å². The summed E-state index contributed by atoms with van der Waals surface area (Å²) in [5.41, 5.74) is 2.15. The Balaban J connectivity index is 1.97. The fourth-order valence-corrected chi connectivity index (χ4v) is 4.40. The monoisotopic (exact) mass is 463 g/mol. The van der Waals surface area contributed by atoms with Crippen LogP contribution < -0.4 is 14.4 Å². The van der Waals surface area contributed by atoms with Crippen LogP contribution in [0, 0.1) is 6.92 Å². The van der Waals surface area contributed by atoms with E-state index < -0.39 is 17.7 Å². The van der Waals surface area contributed by atoms with Gasteiger partial charge in [0, 0.05) is 5.69 Å². The number of hydrogen-bond donors (Lipinski definition) is 1. The number of amides is 1. The normalized spacial score (nSPS) is 17.3. The maximum Gasteiger partial charge on any atom is 0.300 e. The van der Waals surface area contributed by atoms with Crippen molar-refractivity contribution in [2.45, 2.75) is 13.0 Å². The summed E-state index contributed by atoms with van der Waals surface area (Å²) < 4.78 is 10.6. The summed E-state index contributed by atoms with van der Waals surface area (Å²) in [7, 11) is 2.98. The number of ketones is 1. The maximum absolute atomic E-state index is 13.3. The number of benzene rings is 3. The average Bonchev–Trinajstić information content (AvgIpc) is 3.09. The topological polar surface area (TPSA) is 76.1 Å². The molecule has 3 aromatic rings. The van der Waals surface area contributed by atoms with Gasteiger partial charge in [0.1, 0.15) is 17.3 Å². The number of nitrogens with zero attached hydrogens (tertiary/aromatic N) is 1. The second-order valence-corrected chi connectivity index (χ2v) is 8.01. The van der Waals surface area contributed by atoms with Crippen LogP contribution in [0.25, 0.3) is 5.76 Å². The van der Waals surface area contributed by atoms with E-state index in [4.69, 9.17) is 21.1 Å². The van der Waals surface area contributed by atoms with E-state index in [1.54, 1.807) is 55.6 Å². The third kappa shape index (κ3) is 3.94. The number of methoxy groups -OCH3 is 2. The lowest BCUT2D eigenvalue weighted by Gasteiger charge is -2.25. The maximum atomic E-state index is 13.3. The Morgan fingerprint density at radius 2 is 1.64 bits per heavy atom. The third-order valence-corrected chi connectivity index (χ3v) is 5.84. The van der Waals surface area contributed by atoms with E-state index in [-0.39, 0.29) is 22.6 Å². The molecule has 1 amide bonds.